The molecule has 0 aliphatic carbocycles. The smallest absolute Gasteiger partial charge is 0.308 e. The van der Waals surface area contributed by atoms with Gasteiger partial charge in [0, 0.05) is 5.56 Å². The molecule has 0 aliphatic rings. The van der Waals surface area contributed by atoms with E-state index >= 15 is 0 Å². The molecule has 5 nitrogen and oxygen atoms in total. The molecule has 0 spiro atoms. The zero-order valence-electron chi connectivity index (χ0n) is 10.3. The Hall–Kier alpha value is -2.30. The maximum Gasteiger partial charge on any atom is 0.308 e. The second-order valence-corrected chi connectivity index (χ2v) is 3.95. The van der Waals surface area contributed by atoms with Gasteiger partial charge in [-0.05, 0) is 18.6 Å². The minimum absolute atomic E-state index is 0.102. The Morgan fingerprint density at radius 1 is 1.44 bits per heavy atom. The molecule has 0 saturated heterocycles. The Morgan fingerprint density at radius 2 is 2.17 bits per heavy atom. The van der Waals surface area contributed by atoms with Crippen molar-refractivity contribution in [3.05, 3.63) is 41.6 Å². The van der Waals surface area contributed by atoms with Crippen LogP contribution in [0.2, 0.25) is 0 Å². The summed E-state index contributed by atoms with van der Waals surface area (Å²) in [7, 11) is 1.51. The summed E-state index contributed by atoms with van der Waals surface area (Å²) in [5.41, 5.74) is 2.49. The first-order valence-corrected chi connectivity index (χ1v) is 5.52. The topological polar surface area (TPSA) is 64.3 Å². The number of benzene rings is 1. The van der Waals surface area contributed by atoms with E-state index in [0.29, 0.717) is 11.4 Å². The summed E-state index contributed by atoms with van der Waals surface area (Å²) in [6.45, 7) is 1.97. The molecule has 2 rings (SSSR count). The van der Waals surface area contributed by atoms with Gasteiger partial charge < -0.3 is 9.84 Å². The van der Waals surface area contributed by atoms with E-state index in [-0.39, 0.29) is 6.42 Å². The minimum Gasteiger partial charge on any atom is -0.481 e. The highest BCUT2D eigenvalue weighted by molar-refractivity contribution is 5.71. The summed E-state index contributed by atoms with van der Waals surface area (Å²) in [4.78, 5) is 10.8. The average Bonchev–Trinajstić information content (AvgIpc) is 2.71. The van der Waals surface area contributed by atoms with E-state index in [0.717, 1.165) is 11.3 Å². The van der Waals surface area contributed by atoms with Crippen LogP contribution in [-0.4, -0.2) is 28.0 Å². The van der Waals surface area contributed by atoms with Gasteiger partial charge in [0.15, 0.2) is 0 Å². The fraction of sp³-hybridized carbons (Fsp3) is 0.231. The fourth-order valence-corrected chi connectivity index (χ4v) is 1.85. The van der Waals surface area contributed by atoms with Gasteiger partial charge in [-0.25, -0.2) is 4.68 Å². The number of aryl methyl sites for hydroxylation is 1. The highest BCUT2D eigenvalue weighted by Crippen LogP contribution is 2.24. The third kappa shape index (κ3) is 2.20. The van der Waals surface area contributed by atoms with Crippen LogP contribution in [0.3, 0.4) is 0 Å². The maximum atomic E-state index is 10.8. The molecule has 1 heterocycles. The van der Waals surface area contributed by atoms with E-state index in [4.69, 9.17) is 9.84 Å². The Balaban J connectivity index is 2.49. The van der Waals surface area contributed by atoms with Gasteiger partial charge >= 0.3 is 5.97 Å². The molecule has 0 amide bonds. The standard InChI is InChI=1S/C13H14N2O3/c1-9-5-3-4-6-11(9)15-13(18-2)10(8-14-15)7-12(16)17/h3-6,8H,7H2,1-2H3,(H,16,17). The molecule has 94 valence electrons. The van der Waals surface area contributed by atoms with Crippen molar-refractivity contribution >= 4 is 5.97 Å². The number of rotatable bonds is 4. The molecule has 0 aliphatic heterocycles. The van der Waals surface area contributed by atoms with Crippen LogP contribution in [0.15, 0.2) is 30.5 Å². The number of carboxylic acids is 1. The van der Waals surface area contributed by atoms with Crippen molar-refractivity contribution in [1.82, 2.24) is 9.78 Å². The highest BCUT2D eigenvalue weighted by Gasteiger charge is 2.16. The zero-order chi connectivity index (χ0) is 13.1. The third-order valence-electron chi connectivity index (χ3n) is 2.67. The molecule has 18 heavy (non-hydrogen) atoms. The van der Waals surface area contributed by atoms with E-state index in [1.807, 2.05) is 31.2 Å². The molecule has 1 N–H and O–H groups in total. The Bertz CT molecular complexity index is 575. The van der Waals surface area contributed by atoms with Crippen LogP contribution in [0.4, 0.5) is 0 Å². The molecular formula is C13H14N2O3. The number of hydrogen-bond donors (Lipinski definition) is 1. The SMILES string of the molecule is COc1c(CC(=O)O)cnn1-c1ccccc1C. The number of hydrogen-bond acceptors (Lipinski definition) is 3. The van der Waals surface area contributed by atoms with Crippen molar-refractivity contribution in [2.75, 3.05) is 7.11 Å². The van der Waals surface area contributed by atoms with Crippen LogP contribution >= 0.6 is 0 Å². The van der Waals surface area contributed by atoms with Gasteiger partial charge in [-0.3, -0.25) is 4.79 Å². The number of methoxy groups -OCH3 is 1. The normalized spacial score (nSPS) is 10.3. The molecule has 0 radical (unpaired) electrons. The molecule has 0 bridgehead atoms. The Morgan fingerprint density at radius 3 is 2.78 bits per heavy atom. The van der Waals surface area contributed by atoms with Crippen molar-refractivity contribution in [3.8, 4) is 11.6 Å². The Kier molecular flexibility index (Phi) is 3.32. The number of para-hydroxylation sites is 1. The molecular weight excluding hydrogens is 232 g/mol. The second-order valence-electron chi connectivity index (χ2n) is 3.95. The van der Waals surface area contributed by atoms with E-state index in [9.17, 15) is 4.79 Å². The summed E-state index contributed by atoms with van der Waals surface area (Å²) in [5.74, 6) is -0.440. The zero-order valence-corrected chi connectivity index (χ0v) is 10.3. The van der Waals surface area contributed by atoms with Crippen molar-refractivity contribution in [1.29, 1.82) is 0 Å². The van der Waals surface area contributed by atoms with Gasteiger partial charge in [-0.1, -0.05) is 18.2 Å². The first-order chi connectivity index (χ1) is 8.63. The van der Waals surface area contributed by atoms with Gasteiger partial charge in [-0.2, -0.15) is 5.10 Å². The number of ether oxygens (including phenoxy) is 1. The van der Waals surface area contributed by atoms with Gasteiger partial charge in [-0.15, -0.1) is 0 Å². The summed E-state index contributed by atoms with van der Waals surface area (Å²) < 4.78 is 6.88. The molecule has 1 aromatic heterocycles. The first-order valence-electron chi connectivity index (χ1n) is 5.52. The lowest BCUT2D eigenvalue weighted by Crippen LogP contribution is -2.04. The summed E-state index contributed by atoms with van der Waals surface area (Å²) in [6, 6.07) is 7.72. The van der Waals surface area contributed by atoms with Gasteiger partial charge in [0.05, 0.1) is 25.4 Å². The van der Waals surface area contributed by atoms with E-state index in [1.165, 1.54) is 13.3 Å². The lowest BCUT2D eigenvalue weighted by Gasteiger charge is -2.09. The molecule has 0 fully saturated rings. The van der Waals surface area contributed by atoms with Crippen molar-refractivity contribution in [2.45, 2.75) is 13.3 Å². The molecule has 0 unspecified atom stereocenters. The predicted molar refractivity (Wildman–Crippen MR) is 66.2 cm³/mol. The maximum absolute atomic E-state index is 10.8. The van der Waals surface area contributed by atoms with Crippen molar-refractivity contribution in [3.63, 3.8) is 0 Å². The van der Waals surface area contributed by atoms with Crippen LogP contribution in [0.1, 0.15) is 11.1 Å². The van der Waals surface area contributed by atoms with Gasteiger partial charge in [0.25, 0.3) is 0 Å². The van der Waals surface area contributed by atoms with Crippen molar-refractivity contribution < 1.29 is 14.6 Å². The predicted octanol–water partition coefficient (Wildman–Crippen LogP) is 1.82. The lowest BCUT2D eigenvalue weighted by molar-refractivity contribution is -0.136. The monoisotopic (exact) mass is 246 g/mol. The van der Waals surface area contributed by atoms with E-state index < -0.39 is 5.97 Å². The number of aromatic nitrogens is 2. The Labute approximate surface area is 105 Å². The number of nitrogens with zero attached hydrogens (tertiary/aromatic N) is 2. The van der Waals surface area contributed by atoms with Gasteiger partial charge in [0.1, 0.15) is 0 Å². The van der Waals surface area contributed by atoms with Crippen LogP contribution in [0.5, 0.6) is 5.88 Å². The quantitative estimate of drug-likeness (QED) is 0.893. The number of aliphatic carboxylic acids is 1. The molecule has 2 aromatic rings. The first kappa shape index (κ1) is 12.2. The summed E-state index contributed by atoms with van der Waals surface area (Å²) in [6.07, 6.45) is 1.43. The van der Waals surface area contributed by atoms with Crippen LogP contribution in [-0.2, 0) is 11.2 Å². The van der Waals surface area contributed by atoms with Crippen molar-refractivity contribution in [2.24, 2.45) is 0 Å². The highest BCUT2D eigenvalue weighted by atomic mass is 16.5. The molecule has 0 atom stereocenters. The van der Waals surface area contributed by atoms with Crippen LogP contribution in [0.25, 0.3) is 5.69 Å². The third-order valence-corrected chi connectivity index (χ3v) is 2.67. The van der Waals surface area contributed by atoms with Gasteiger partial charge in [0.2, 0.25) is 5.88 Å². The number of carboxylic acid groups (broad SMARTS) is 1. The van der Waals surface area contributed by atoms with Crippen LogP contribution in [0, 0.1) is 6.92 Å². The minimum atomic E-state index is -0.905. The molecule has 5 heteroatoms. The fourth-order valence-electron chi connectivity index (χ4n) is 1.85. The summed E-state index contributed by atoms with van der Waals surface area (Å²) >= 11 is 0. The second kappa shape index (κ2) is 4.91. The average molecular weight is 246 g/mol. The van der Waals surface area contributed by atoms with E-state index in [2.05, 4.69) is 5.10 Å². The van der Waals surface area contributed by atoms with E-state index in [1.54, 1.807) is 4.68 Å². The largest absolute Gasteiger partial charge is 0.481 e. The molecule has 0 saturated carbocycles. The molecule has 1 aromatic carbocycles. The number of carbonyl (C=O) groups is 1. The lowest BCUT2D eigenvalue weighted by atomic mass is 10.2. The summed E-state index contributed by atoms with van der Waals surface area (Å²) in [5, 5.41) is 13.0. The van der Waals surface area contributed by atoms with Crippen LogP contribution < -0.4 is 4.74 Å².